The molecule has 1 saturated heterocycles. The number of carbonyl (C=O) groups excluding carboxylic acids is 1. The minimum absolute atomic E-state index is 0.133. The number of rotatable bonds is 7. The standard InChI is InChI=1S/C24H28FN3O/c1-27(15-16-28-13-5-6-14-28)23(29)12-10-20-21-17-19(25)9-11-22(21)26-24(20)18-7-3-2-4-8-18/h2-4,7-9,11,17,26H,5-6,10,12-16H2,1H3. The number of likely N-dealkylation sites (tertiary alicyclic amines) is 1. The van der Waals surface area contributed by atoms with E-state index in [2.05, 4.69) is 9.88 Å². The molecule has 29 heavy (non-hydrogen) atoms. The summed E-state index contributed by atoms with van der Waals surface area (Å²) in [7, 11) is 1.88. The van der Waals surface area contributed by atoms with Gasteiger partial charge in [-0.3, -0.25) is 4.79 Å². The van der Waals surface area contributed by atoms with Crippen LogP contribution in [0.2, 0.25) is 0 Å². The number of aryl methyl sites for hydroxylation is 1. The molecule has 3 aromatic rings. The lowest BCUT2D eigenvalue weighted by Crippen LogP contribution is -2.35. The molecule has 0 radical (unpaired) electrons. The van der Waals surface area contributed by atoms with Crippen LogP contribution in [0.1, 0.15) is 24.8 Å². The maximum absolute atomic E-state index is 13.9. The highest BCUT2D eigenvalue weighted by Gasteiger charge is 2.18. The van der Waals surface area contributed by atoms with E-state index in [1.165, 1.54) is 18.9 Å². The predicted molar refractivity (Wildman–Crippen MR) is 115 cm³/mol. The fourth-order valence-electron chi connectivity index (χ4n) is 4.18. The largest absolute Gasteiger partial charge is 0.354 e. The second kappa shape index (κ2) is 8.78. The van der Waals surface area contributed by atoms with Gasteiger partial charge in [-0.15, -0.1) is 0 Å². The van der Waals surface area contributed by atoms with Crippen LogP contribution in [0, 0.1) is 5.82 Å². The predicted octanol–water partition coefficient (Wildman–Crippen LogP) is 4.46. The van der Waals surface area contributed by atoms with Crippen molar-refractivity contribution in [3.63, 3.8) is 0 Å². The summed E-state index contributed by atoms with van der Waals surface area (Å²) < 4.78 is 13.9. The van der Waals surface area contributed by atoms with Gasteiger partial charge in [0.2, 0.25) is 5.91 Å². The molecular formula is C24H28FN3O. The van der Waals surface area contributed by atoms with Crippen molar-refractivity contribution in [1.82, 2.24) is 14.8 Å². The van der Waals surface area contributed by atoms with Crippen molar-refractivity contribution < 1.29 is 9.18 Å². The van der Waals surface area contributed by atoms with Crippen LogP contribution in [0.3, 0.4) is 0 Å². The number of carbonyl (C=O) groups is 1. The van der Waals surface area contributed by atoms with Crippen LogP contribution >= 0.6 is 0 Å². The van der Waals surface area contributed by atoms with Gasteiger partial charge in [0.15, 0.2) is 0 Å². The van der Waals surface area contributed by atoms with Crippen LogP contribution in [0.15, 0.2) is 48.5 Å². The summed E-state index contributed by atoms with van der Waals surface area (Å²) in [5.74, 6) is -0.125. The Kier molecular flexibility index (Phi) is 5.95. The Morgan fingerprint density at radius 1 is 1.14 bits per heavy atom. The molecule has 0 spiro atoms. The lowest BCUT2D eigenvalue weighted by Gasteiger charge is -2.21. The molecule has 1 aromatic heterocycles. The highest BCUT2D eigenvalue weighted by molar-refractivity contribution is 5.91. The second-order valence-corrected chi connectivity index (χ2v) is 7.90. The molecule has 152 valence electrons. The Hall–Kier alpha value is -2.66. The Balaban J connectivity index is 1.50. The molecule has 1 aliphatic rings. The van der Waals surface area contributed by atoms with Gasteiger partial charge in [-0.2, -0.15) is 0 Å². The first kappa shape index (κ1) is 19.6. The number of nitrogens with zero attached hydrogens (tertiary/aromatic N) is 2. The Morgan fingerprint density at radius 3 is 2.66 bits per heavy atom. The molecule has 2 aromatic carbocycles. The number of hydrogen-bond donors (Lipinski definition) is 1. The van der Waals surface area contributed by atoms with Crippen molar-refractivity contribution in [3.05, 3.63) is 59.9 Å². The quantitative estimate of drug-likeness (QED) is 0.644. The third-order valence-electron chi connectivity index (χ3n) is 5.90. The number of halogens is 1. The van der Waals surface area contributed by atoms with Crippen LogP contribution in [0.25, 0.3) is 22.2 Å². The van der Waals surface area contributed by atoms with Gasteiger partial charge in [0.05, 0.1) is 0 Å². The number of hydrogen-bond acceptors (Lipinski definition) is 2. The number of nitrogens with one attached hydrogen (secondary N) is 1. The summed E-state index contributed by atoms with van der Waals surface area (Å²) in [6.45, 7) is 3.98. The second-order valence-electron chi connectivity index (χ2n) is 7.90. The number of likely N-dealkylation sites (N-methyl/N-ethyl adjacent to an activating group) is 1. The Bertz CT molecular complexity index is 976. The maximum atomic E-state index is 13.9. The summed E-state index contributed by atoms with van der Waals surface area (Å²) in [5, 5.41) is 0.858. The molecule has 5 heteroatoms. The minimum atomic E-state index is -0.258. The molecular weight excluding hydrogens is 365 g/mol. The van der Waals surface area contributed by atoms with Gasteiger partial charge in [0.1, 0.15) is 5.82 Å². The number of aromatic amines is 1. The van der Waals surface area contributed by atoms with Gasteiger partial charge in [-0.25, -0.2) is 4.39 Å². The van der Waals surface area contributed by atoms with E-state index in [0.717, 1.165) is 53.9 Å². The normalized spacial score (nSPS) is 14.6. The summed E-state index contributed by atoms with van der Waals surface area (Å²) in [4.78, 5) is 20.4. The molecule has 1 fully saturated rings. The SMILES string of the molecule is CN(CCN1CCCC1)C(=O)CCc1c(-c2ccccc2)[nH]c2ccc(F)cc12. The number of H-pyrrole nitrogens is 1. The molecule has 2 heterocycles. The van der Waals surface area contributed by atoms with E-state index >= 15 is 0 Å². The van der Waals surface area contributed by atoms with E-state index in [9.17, 15) is 9.18 Å². The van der Waals surface area contributed by atoms with Crippen molar-refractivity contribution in [2.24, 2.45) is 0 Å². The smallest absolute Gasteiger partial charge is 0.222 e. The third kappa shape index (κ3) is 4.51. The van der Waals surface area contributed by atoms with E-state index in [0.29, 0.717) is 12.8 Å². The lowest BCUT2D eigenvalue weighted by molar-refractivity contribution is -0.130. The molecule has 1 N–H and O–H groups in total. The maximum Gasteiger partial charge on any atom is 0.222 e. The number of amides is 1. The minimum Gasteiger partial charge on any atom is -0.354 e. The van der Waals surface area contributed by atoms with Crippen molar-refractivity contribution in [2.75, 3.05) is 33.2 Å². The Labute approximate surface area is 171 Å². The van der Waals surface area contributed by atoms with Gasteiger partial charge in [-0.1, -0.05) is 30.3 Å². The van der Waals surface area contributed by atoms with Crippen molar-refractivity contribution >= 4 is 16.8 Å². The molecule has 0 saturated carbocycles. The van der Waals surface area contributed by atoms with E-state index < -0.39 is 0 Å². The van der Waals surface area contributed by atoms with Crippen LogP contribution in [-0.2, 0) is 11.2 Å². The summed E-state index contributed by atoms with van der Waals surface area (Å²) in [6.07, 6.45) is 3.52. The van der Waals surface area contributed by atoms with Gasteiger partial charge >= 0.3 is 0 Å². The summed E-state index contributed by atoms with van der Waals surface area (Å²) >= 11 is 0. The van der Waals surface area contributed by atoms with E-state index in [1.807, 2.05) is 42.3 Å². The highest BCUT2D eigenvalue weighted by atomic mass is 19.1. The third-order valence-corrected chi connectivity index (χ3v) is 5.90. The molecule has 0 aliphatic carbocycles. The Morgan fingerprint density at radius 2 is 1.90 bits per heavy atom. The first-order valence-corrected chi connectivity index (χ1v) is 10.4. The van der Waals surface area contributed by atoms with E-state index in [1.54, 1.807) is 12.1 Å². The monoisotopic (exact) mass is 393 g/mol. The van der Waals surface area contributed by atoms with Crippen molar-refractivity contribution in [3.8, 4) is 11.3 Å². The van der Waals surface area contributed by atoms with Gasteiger partial charge in [-0.05, 0) is 61.7 Å². The fourth-order valence-corrected chi connectivity index (χ4v) is 4.18. The van der Waals surface area contributed by atoms with E-state index in [4.69, 9.17) is 0 Å². The van der Waals surface area contributed by atoms with Gasteiger partial charge in [0.25, 0.3) is 0 Å². The molecule has 1 aliphatic heterocycles. The first-order valence-electron chi connectivity index (χ1n) is 10.4. The van der Waals surface area contributed by atoms with Gasteiger partial charge < -0.3 is 14.8 Å². The zero-order valence-corrected chi connectivity index (χ0v) is 17.0. The average molecular weight is 394 g/mol. The first-order chi connectivity index (χ1) is 14.1. The molecule has 0 atom stereocenters. The highest BCUT2D eigenvalue weighted by Crippen LogP contribution is 2.32. The summed E-state index contributed by atoms with van der Waals surface area (Å²) in [6, 6.07) is 14.8. The van der Waals surface area contributed by atoms with Crippen molar-refractivity contribution in [2.45, 2.75) is 25.7 Å². The zero-order chi connectivity index (χ0) is 20.2. The summed E-state index contributed by atoms with van der Waals surface area (Å²) in [5.41, 5.74) is 3.93. The van der Waals surface area contributed by atoms with Gasteiger partial charge in [0, 0.05) is 43.2 Å². The van der Waals surface area contributed by atoms with Crippen LogP contribution in [0.4, 0.5) is 4.39 Å². The van der Waals surface area contributed by atoms with Crippen LogP contribution in [0.5, 0.6) is 0 Å². The topological polar surface area (TPSA) is 39.3 Å². The molecule has 4 rings (SSSR count). The molecule has 0 unspecified atom stereocenters. The number of aromatic nitrogens is 1. The van der Waals surface area contributed by atoms with Crippen LogP contribution in [-0.4, -0.2) is 53.9 Å². The lowest BCUT2D eigenvalue weighted by atomic mass is 10.0. The molecule has 0 bridgehead atoms. The zero-order valence-electron chi connectivity index (χ0n) is 17.0. The number of fused-ring (bicyclic) bond motifs is 1. The fraction of sp³-hybridized carbons (Fsp3) is 0.375. The van der Waals surface area contributed by atoms with Crippen LogP contribution < -0.4 is 0 Å². The average Bonchev–Trinajstić information content (AvgIpc) is 3.38. The number of benzene rings is 2. The van der Waals surface area contributed by atoms with Crippen molar-refractivity contribution in [1.29, 1.82) is 0 Å². The van der Waals surface area contributed by atoms with E-state index in [-0.39, 0.29) is 11.7 Å². The molecule has 1 amide bonds. The molecule has 4 nitrogen and oxygen atoms in total.